The van der Waals surface area contributed by atoms with Gasteiger partial charge < -0.3 is 4.90 Å². The van der Waals surface area contributed by atoms with E-state index in [1.54, 1.807) is 54.5 Å². The third-order valence-electron chi connectivity index (χ3n) is 3.42. The standard InChI is InChI=1S/C16H19NO3S2/c1-3-22(19,20)15-6-4-5-13(9-15)10-16(18)17(2)11-14-7-8-21-12-14/h4-9,12H,3,10-11H2,1-2H3. The minimum absolute atomic E-state index is 0.0303. The zero-order valence-corrected chi connectivity index (χ0v) is 14.3. The highest BCUT2D eigenvalue weighted by atomic mass is 32.2. The molecule has 0 unspecified atom stereocenters. The summed E-state index contributed by atoms with van der Waals surface area (Å²) >= 11 is 1.60. The van der Waals surface area contributed by atoms with Crippen molar-refractivity contribution in [2.24, 2.45) is 0 Å². The molecule has 0 radical (unpaired) electrons. The first kappa shape index (κ1) is 16.7. The number of amides is 1. The summed E-state index contributed by atoms with van der Waals surface area (Å²) in [5.74, 6) is 0.0277. The van der Waals surface area contributed by atoms with Crippen LogP contribution in [0.15, 0.2) is 46.0 Å². The van der Waals surface area contributed by atoms with Crippen LogP contribution in [0.1, 0.15) is 18.1 Å². The first-order valence-corrected chi connectivity index (χ1v) is 9.58. The fourth-order valence-corrected chi connectivity index (χ4v) is 3.68. The number of likely N-dealkylation sites (N-methyl/N-ethyl adjacent to an activating group) is 1. The van der Waals surface area contributed by atoms with E-state index in [1.807, 2.05) is 16.8 Å². The van der Waals surface area contributed by atoms with Crippen LogP contribution in [0.5, 0.6) is 0 Å². The van der Waals surface area contributed by atoms with Gasteiger partial charge in [-0.05, 0) is 40.1 Å². The molecule has 0 fully saturated rings. The van der Waals surface area contributed by atoms with Gasteiger partial charge in [-0.3, -0.25) is 4.79 Å². The minimum Gasteiger partial charge on any atom is -0.341 e. The van der Waals surface area contributed by atoms with Crippen LogP contribution < -0.4 is 0 Å². The fourth-order valence-electron chi connectivity index (χ4n) is 2.07. The quantitative estimate of drug-likeness (QED) is 0.814. The zero-order valence-electron chi connectivity index (χ0n) is 12.7. The monoisotopic (exact) mass is 337 g/mol. The fraction of sp³-hybridized carbons (Fsp3) is 0.312. The van der Waals surface area contributed by atoms with Crippen molar-refractivity contribution in [1.82, 2.24) is 4.90 Å². The SMILES string of the molecule is CCS(=O)(=O)c1cccc(CC(=O)N(C)Cc2ccsc2)c1. The van der Waals surface area contributed by atoms with Crippen molar-refractivity contribution in [1.29, 1.82) is 0 Å². The molecule has 0 aliphatic rings. The number of thiophene rings is 1. The summed E-state index contributed by atoms with van der Waals surface area (Å²) in [6.45, 7) is 2.18. The van der Waals surface area contributed by atoms with E-state index in [1.165, 1.54) is 0 Å². The molecule has 0 bridgehead atoms. The number of carbonyl (C=O) groups excluding carboxylic acids is 1. The molecule has 2 rings (SSSR count). The van der Waals surface area contributed by atoms with Crippen LogP contribution in [0.25, 0.3) is 0 Å². The van der Waals surface area contributed by atoms with Crippen molar-refractivity contribution in [3.63, 3.8) is 0 Å². The summed E-state index contributed by atoms with van der Waals surface area (Å²) in [6.07, 6.45) is 0.202. The molecule has 0 saturated carbocycles. The lowest BCUT2D eigenvalue weighted by Gasteiger charge is -2.16. The Labute approximate surface area is 135 Å². The normalized spacial score (nSPS) is 11.4. The van der Waals surface area contributed by atoms with Crippen LogP contribution in [-0.2, 0) is 27.6 Å². The van der Waals surface area contributed by atoms with E-state index in [4.69, 9.17) is 0 Å². The van der Waals surface area contributed by atoms with Crippen LogP contribution >= 0.6 is 11.3 Å². The average molecular weight is 337 g/mol. The van der Waals surface area contributed by atoms with E-state index in [2.05, 4.69) is 0 Å². The summed E-state index contributed by atoms with van der Waals surface area (Å²) in [5.41, 5.74) is 1.82. The number of hydrogen-bond donors (Lipinski definition) is 0. The minimum atomic E-state index is -3.24. The van der Waals surface area contributed by atoms with E-state index in [-0.39, 0.29) is 23.0 Å². The third kappa shape index (κ3) is 4.18. The van der Waals surface area contributed by atoms with Gasteiger partial charge in [0.05, 0.1) is 17.1 Å². The second-order valence-electron chi connectivity index (χ2n) is 5.11. The molecule has 1 amide bonds. The second kappa shape index (κ2) is 7.07. The van der Waals surface area contributed by atoms with Crippen LogP contribution in [0, 0.1) is 0 Å². The maximum Gasteiger partial charge on any atom is 0.227 e. The van der Waals surface area contributed by atoms with E-state index >= 15 is 0 Å². The lowest BCUT2D eigenvalue weighted by Crippen LogP contribution is -2.27. The van der Waals surface area contributed by atoms with Crippen molar-refractivity contribution in [3.8, 4) is 0 Å². The van der Waals surface area contributed by atoms with E-state index in [9.17, 15) is 13.2 Å². The van der Waals surface area contributed by atoms with Gasteiger partial charge in [0.1, 0.15) is 0 Å². The summed E-state index contributed by atoms with van der Waals surface area (Å²) in [4.78, 5) is 14.2. The summed E-state index contributed by atoms with van der Waals surface area (Å²) in [7, 11) is -1.48. The maximum absolute atomic E-state index is 12.2. The first-order valence-electron chi connectivity index (χ1n) is 6.99. The Morgan fingerprint density at radius 3 is 2.64 bits per heavy atom. The highest BCUT2D eigenvalue weighted by Crippen LogP contribution is 2.15. The Hall–Kier alpha value is -1.66. The van der Waals surface area contributed by atoms with E-state index in [0.29, 0.717) is 6.54 Å². The Morgan fingerprint density at radius 1 is 1.23 bits per heavy atom. The summed E-state index contributed by atoms with van der Waals surface area (Å²) in [5, 5.41) is 3.99. The van der Waals surface area contributed by atoms with Gasteiger partial charge >= 0.3 is 0 Å². The van der Waals surface area contributed by atoms with Crippen molar-refractivity contribution in [3.05, 3.63) is 52.2 Å². The van der Waals surface area contributed by atoms with Crippen molar-refractivity contribution in [2.45, 2.75) is 24.8 Å². The molecule has 2 aromatic rings. The number of benzene rings is 1. The Kier molecular flexibility index (Phi) is 5.37. The van der Waals surface area contributed by atoms with Crippen LogP contribution in [0.3, 0.4) is 0 Å². The van der Waals surface area contributed by atoms with Gasteiger partial charge in [0.15, 0.2) is 9.84 Å². The maximum atomic E-state index is 12.2. The number of nitrogens with zero attached hydrogens (tertiary/aromatic N) is 1. The van der Waals surface area contributed by atoms with Gasteiger partial charge in [0.25, 0.3) is 0 Å². The number of carbonyl (C=O) groups is 1. The molecule has 1 heterocycles. The van der Waals surface area contributed by atoms with Gasteiger partial charge in [0.2, 0.25) is 5.91 Å². The predicted molar refractivity (Wildman–Crippen MR) is 88.7 cm³/mol. The average Bonchev–Trinajstić information content (AvgIpc) is 3.00. The Bertz CT molecular complexity index is 737. The topological polar surface area (TPSA) is 54.5 Å². The lowest BCUT2D eigenvalue weighted by molar-refractivity contribution is -0.129. The van der Waals surface area contributed by atoms with Crippen LogP contribution in [0.2, 0.25) is 0 Å². The number of hydrogen-bond acceptors (Lipinski definition) is 4. The Morgan fingerprint density at radius 2 is 2.00 bits per heavy atom. The van der Waals surface area contributed by atoms with Crippen molar-refractivity contribution >= 4 is 27.1 Å². The highest BCUT2D eigenvalue weighted by Gasteiger charge is 2.14. The van der Waals surface area contributed by atoms with Gasteiger partial charge in [-0.25, -0.2) is 8.42 Å². The van der Waals surface area contributed by atoms with Crippen molar-refractivity contribution < 1.29 is 13.2 Å². The second-order valence-corrected chi connectivity index (χ2v) is 8.17. The molecule has 6 heteroatoms. The molecule has 0 atom stereocenters. The largest absolute Gasteiger partial charge is 0.341 e. The summed E-state index contributed by atoms with van der Waals surface area (Å²) < 4.78 is 23.8. The predicted octanol–water partition coefficient (Wildman–Crippen LogP) is 2.74. The summed E-state index contributed by atoms with van der Waals surface area (Å²) in [6, 6.07) is 8.62. The molecule has 0 aliphatic carbocycles. The van der Waals surface area contributed by atoms with Gasteiger partial charge in [-0.1, -0.05) is 19.1 Å². The van der Waals surface area contributed by atoms with Gasteiger partial charge in [-0.2, -0.15) is 11.3 Å². The molecule has 0 N–H and O–H groups in total. The van der Waals surface area contributed by atoms with Crippen LogP contribution in [-0.4, -0.2) is 32.0 Å². The Balaban J connectivity index is 2.07. The van der Waals surface area contributed by atoms with E-state index in [0.717, 1.165) is 11.1 Å². The first-order chi connectivity index (χ1) is 10.4. The molecule has 0 spiro atoms. The molecule has 118 valence electrons. The number of sulfone groups is 1. The molecule has 1 aromatic carbocycles. The van der Waals surface area contributed by atoms with Gasteiger partial charge in [-0.15, -0.1) is 0 Å². The highest BCUT2D eigenvalue weighted by molar-refractivity contribution is 7.91. The zero-order chi connectivity index (χ0) is 16.2. The molecular formula is C16H19NO3S2. The number of rotatable bonds is 6. The van der Waals surface area contributed by atoms with Crippen molar-refractivity contribution in [2.75, 3.05) is 12.8 Å². The molecular weight excluding hydrogens is 318 g/mol. The molecule has 0 saturated heterocycles. The van der Waals surface area contributed by atoms with Gasteiger partial charge in [0, 0.05) is 13.6 Å². The molecule has 1 aromatic heterocycles. The molecule has 4 nitrogen and oxygen atoms in total. The van der Waals surface area contributed by atoms with E-state index < -0.39 is 9.84 Å². The molecule has 22 heavy (non-hydrogen) atoms. The molecule has 0 aliphatic heterocycles. The third-order valence-corrected chi connectivity index (χ3v) is 5.88. The smallest absolute Gasteiger partial charge is 0.227 e. The van der Waals surface area contributed by atoms with Crippen LogP contribution in [0.4, 0.5) is 0 Å². The lowest BCUT2D eigenvalue weighted by atomic mass is 10.1.